The lowest BCUT2D eigenvalue weighted by Crippen LogP contribution is -2.43. The summed E-state index contributed by atoms with van der Waals surface area (Å²) in [5.41, 5.74) is -0.300. The lowest BCUT2D eigenvalue weighted by Gasteiger charge is -2.24. The number of carboxylic acid groups (broad SMARTS) is 1. The third kappa shape index (κ3) is 3.03. The largest absolute Gasteiger partial charge is 0.466 e. The molecule has 0 spiro atoms. The molecule has 0 aromatic heterocycles. The van der Waals surface area contributed by atoms with Crippen LogP contribution in [0.5, 0.6) is 0 Å². The number of rotatable bonds is 5. The third-order valence-corrected chi connectivity index (χ3v) is 5.46. The Bertz CT molecular complexity index is 755. The van der Waals surface area contributed by atoms with Gasteiger partial charge in [-0.2, -0.15) is 0 Å². The predicted molar refractivity (Wildman–Crippen MR) is 88.7 cm³/mol. The Morgan fingerprint density at radius 1 is 1.44 bits per heavy atom. The molecule has 1 heterocycles. The zero-order chi connectivity index (χ0) is 18.4. The second-order valence-electron chi connectivity index (χ2n) is 6.39. The summed E-state index contributed by atoms with van der Waals surface area (Å²) in [4.78, 5) is 36.7. The Labute approximate surface area is 152 Å². The van der Waals surface area contributed by atoms with Gasteiger partial charge in [-0.3, -0.25) is 14.5 Å². The second-order valence-corrected chi connectivity index (χ2v) is 7.31. The van der Waals surface area contributed by atoms with Gasteiger partial charge in [-0.1, -0.05) is 15.9 Å². The van der Waals surface area contributed by atoms with Crippen molar-refractivity contribution in [2.24, 2.45) is 5.92 Å². The van der Waals surface area contributed by atoms with Gasteiger partial charge in [0, 0.05) is 16.4 Å². The fourth-order valence-electron chi connectivity index (χ4n) is 3.87. The van der Waals surface area contributed by atoms with Crippen LogP contribution in [-0.4, -0.2) is 47.0 Å². The van der Waals surface area contributed by atoms with Crippen molar-refractivity contribution in [2.75, 3.05) is 13.2 Å². The molecule has 1 saturated carbocycles. The minimum absolute atomic E-state index is 0.0413. The number of hydrogen-bond acceptors (Lipinski definition) is 4. The van der Waals surface area contributed by atoms with Gasteiger partial charge in [0.25, 0.3) is 0 Å². The third-order valence-electron chi connectivity index (χ3n) is 4.97. The first-order chi connectivity index (χ1) is 11.8. The number of esters is 1. The number of benzene rings is 1. The van der Waals surface area contributed by atoms with Crippen LogP contribution < -0.4 is 0 Å². The number of carbonyl (C=O) groups excluding carboxylic acids is 2. The van der Waals surface area contributed by atoms with Crippen LogP contribution in [0.15, 0.2) is 22.7 Å². The molecule has 1 N–H and O–H groups in total. The van der Waals surface area contributed by atoms with Crippen molar-refractivity contribution in [3.63, 3.8) is 0 Å². The van der Waals surface area contributed by atoms with Crippen molar-refractivity contribution in [3.8, 4) is 0 Å². The summed E-state index contributed by atoms with van der Waals surface area (Å²) < 4.78 is 19.8. The van der Waals surface area contributed by atoms with Crippen LogP contribution in [0.25, 0.3) is 0 Å². The standard InChI is InChI=1S/C17H17BrFNO5/c1-2-25-14(22)6-13(21)15-11-7-17(11,8-20(15)16(23)24)10-5-9(18)3-4-12(10)19/h3-5,11,15H,2,6-8H2,1H3,(H,23,24)/t11-,15?,17+/m0/s1. The van der Waals surface area contributed by atoms with Gasteiger partial charge in [0.15, 0.2) is 5.78 Å². The van der Waals surface area contributed by atoms with Crippen LogP contribution in [0.4, 0.5) is 9.18 Å². The number of halogens is 2. The highest BCUT2D eigenvalue weighted by Crippen LogP contribution is 2.62. The molecule has 3 atom stereocenters. The number of carbonyl (C=O) groups is 3. The van der Waals surface area contributed by atoms with Crippen LogP contribution in [0.1, 0.15) is 25.3 Å². The molecule has 2 aliphatic rings. The van der Waals surface area contributed by atoms with E-state index in [2.05, 4.69) is 15.9 Å². The second kappa shape index (κ2) is 6.40. The molecule has 1 saturated heterocycles. The Kier molecular flexibility index (Phi) is 4.57. The number of nitrogens with zero attached hydrogens (tertiary/aromatic N) is 1. The summed E-state index contributed by atoms with van der Waals surface area (Å²) in [7, 11) is 0. The number of Topliss-reactive ketones (excluding diaryl/α,β-unsaturated/α-hetero) is 1. The van der Waals surface area contributed by atoms with E-state index in [1.165, 1.54) is 6.07 Å². The molecular weight excluding hydrogens is 397 g/mol. The van der Waals surface area contributed by atoms with E-state index in [0.717, 1.165) is 4.90 Å². The van der Waals surface area contributed by atoms with Gasteiger partial charge in [0.05, 0.1) is 12.6 Å². The molecule has 25 heavy (non-hydrogen) atoms. The van der Waals surface area contributed by atoms with E-state index in [-0.39, 0.29) is 19.1 Å². The zero-order valence-corrected chi connectivity index (χ0v) is 15.1. The molecule has 0 bridgehead atoms. The minimum Gasteiger partial charge on any atom is -0.466 e. The van der Waals surface area contributed by atoms with Gasteiger partial charge in [-0.05, 0) is 43.0 Å². The first kappa shape index (κ1) is 17.8. The number of ketones is 1. The predicted octanol–water partition coefficient (Wildman–Crippen LogP) is 2.73. The molecule has 1 aromatic rings. The van der Waals surface area contributed by atoms with Gasteiger partial charge in [0.1, 0.15) is 12.2 Å². The summed E-state index contributed by atoms with van der Waals surface area (Å²) in [5.74, 6) is -1.92. The molecule has 1 aliphatic carbocycles. The van der Waals surface area contributed by atoms with Crippen molar-refractivity contribution in [1.82, 2.24) is 4.90 Å². The van der Waals surface area contributed by atoms with Crippen LogP contribution >= 0.6 is 15.9 Å². The number of amides is 1. The monoisotopic (exact) mass is 413 g/mol. The molecular formula is C17H17BrFNO5. The van der Waals surface area contributed by atoms with Gasteiger partial charge in [-0.15, -0.1) is 0 Å². The minimum atomic E-state index is -1.25. The fraction of sp³-hybridized carbons (Fsp3) is 0.471. The molecule has 3 rings (SSSR count). The average Bonchev–Trinajstić information content (AvgIpc) is 3.15. The van der Waals surface area contributed by atoms with Gasteiger partial charge >= 0.3 is 12.1 Å². The lowest BCUT2D eigenvalue weighted by atomic mass is 9.93. The van der Waals surface area contributed by atoms with Crippen LogP contribution in [0.2, 0.25) is 0 Å². The van der Waals surface area contributed by atoms with Crippen molar-refractivity contribution in [2.45, 2.75) is 31.2 Å². The van der Waals surface area contributed by atoms with Crippen LogP contribution in [-0.2, 0) is 19.7 Å². The maximum Gasteiger partial charge on any atom is 0.407 e. The van der Waals surface area contributed by atoms with Gasteiger partial charge < -0.3 is 9.84 Å². The van der Waals surface area contributed by atoms with E-state index < -0.39 is 41.5 Å². The van der Waals surface area contributed by atoms with Crippen molar-refractivity contribution in [3.05, 3.63) is 34.1 Å². The summed E-state index contributed by atoms with van der Waals surface area (Å²) in [6.45, 7) is 1.82. The van der Waals surface area contributed by atoms with E-state index in [1.54, 1.807) is 19.1 Å². The van der Waals surface area contributed by atoms with Crippen molar-refractivity contribution < 1.29 is 28.6 Å². The van der Waals surface area contributed by atoms with Crippen molar-refractivity contribution >= 4 is 33.8 Å². The number of fused-ring (bicyclic) bond motifs is 1. The van der Waals surface area contributed by atoms with Gasteiger partial charge in [-0.25, -0.2) is 9.18 Å². The fourth-order valence-corrected chi connectivity index (χ4v) is 4.23. The maximum atomic E-state index is 14.3. The summed E-state index contributed by atoms with van der Waals surface area (Å²) in [5, 5.41) is 9.45. The molecule has 1 unspecified atom stereocenters. The van der Waals surface area contributed by atoms with E-state index >= 15 is 0 Å². The molecule has 1 aromatic carbocycles. The quantitative estimate of drug-likeness (QED) is 0.592. The molecule has 0 radical (unpaired) electrons. The zero-order valence-electron chi connectivity index (χ0n) is 13.5. The van der Waals surface area contributed by atoms with E-state index in [1.807, 2.05) is 0 Å². The molecule has 6 nitrogen and oxygen atoms in total. The highest BCUT2D eigenvalue weighted by molar-refractivity contribution is 9.10. The molecule has 134 valence electrons. The molecule has 1 aliphatic heterocycles. The normalized spacial score (nSPS) is 26.9. The van der Waals surface area contributed by atoms with E-state index in [0.29, 0.717) is 16.5 Å². The number of hydrogen-bond donors (Lipinski definition) is 1. The lowest BCUT2D eigenvalue weighted by molar-refractivity contribution is -0.146. The topological polar surface area (TPSA) is 83.9 Å². The maximum absolute atomic E-state index is 14.3. The number of ether oxygens (including phenoxy) is 1. The highest BCUT2D eigenvalue weighted by atomic mass is 79.9. The first-order valence-electron chi connectivity index (χ1n) is 7.93. The number of likely N-dealkylation sites (tertiary alicyclic amines) is 1. The van der Waals surface area contributed by atoms with Crippen LogP contribution in [0, 0.1) is 11.7 Å². The molecule has 8 heteroatoms. The van der Waals surface area contributed by atoms with E-state index in [4.69, 9.17) is 4.74 Å². The van der Waals surface area contributed by atoms with E-state index in [9.17, 15) is 23.9 Å². The van der Waals surface area contributed by atoms with Gasteiger partial charge in [0.2, 0.25) is 0 Å². The number of piperidine rings is 1. The summed E-state index contributed by atoms with van der Waals surface area (Å²) in [6, 6.07) is 3.58. The SMILES string of the molecule is CCOC(=O)CC(=O)C1[C@@H]2C[C@]2(c2cc(Br)ccc2F)CN1C(=O)O. The van der Waals surface area contributed by atoms with Crippen LogP contribution in [0.3, 0.4) is 0 Å². The summed E-state index contributed by atoms with van der Waals surface area (Å²) >= 11 is 3.30. The Morgan fingerprint density at radius 3 is 2.80 bits per heavy atom. The Morgan fingerprint density at radius 2 is 2.16 bits per heavy atom. The molecule has 2 fully saturated rings. The Balaban J connectivity index is 1.88. The first-order valence-corrected chi connectivity index (χ1v) is 8.73. The summed E-state index contributed by atoms with van der Waals surface area (Å²) in [6.07, 6.45) is -1.21. The molecule has 1 amide bonds. The smallest absolute Gasteiger partial charge is 0.407 e. The van der Waals surface area contributed by atoms with Crippen molar-refractivity contribution in [1.29, 1.82) is 0 Å². The Hall–Kier alpha value is -1.96. The highest BCUT2D eigenvalue weighted by Gasteiger charge is 2.69. The average molecular weight is 414 g/mol.